The molecule has 0 bridgehead atoms. The summed E-state index contributed by atoms with van der Waals surface area (Å²) in [5.41, 5.74) is 0.425. The summed E-state index contributed by atoms with van der Waals surface area (Å²) in [6.45, 7) is 6.39. The summed E-state index contributed by atoms with van der Waals surface area (Å²) in [4.78, 5) is 3.69. The molecule has 1 atom stereocenters. The Morgan fingerprint density at radius 1 is 1.47 bits per heavy atom. The van der Waals surface area contributed by atoms with Crippen molar-refractivity contribution in [3.8, 4) is 0 Å². The van der Waals surface area contributed by atoms with Gasteiger partial charge in [0.05, 0.1) is 12.3 Å². The lowest BCUT2D eigenvalue weighted by Crippen LogP contribution is -2.38. The second kappa shape index (κ2) is 4.68. The molecule has 3 nitrogen and oxygen atoms in total. The average molecular weight is 212 g/mol. The highest BCUT2D eigenvalue weighted by Gasteiger charge is 2.14. The number of aliphatic hydroxyl groups excluding tert-OH is 1. The molecule has 2 N–H and O–H groups in total. The van der Waals surface area contributed by atoms with E-state index in [1.54, 1.807) is 0 Å². The molecule has 0 aliphatic carbocycles. The molecule has 0 unspecified atom stereocenters. The number of hydrogen-bond donors (Lipinski definition) is 2. The number of nitrogens with one attached hydrogen (secondary N) is 1. The maximum Gasteiger partial charge on any atom is 0.141 e. The van der Waals surface area contributed by atoms with Crippen molar-refractivity contribution in [3.05, 3.63) is 29.8 Å². The zero-order valence-corrected chi connectivity index (χ0v) is 9.29. The van der Waals surface area contributed by atoms with E-state index in [1.165, 1.54) is 12.3 Å². The molecule has 0 spiro atoms. The number of rotatable bonds is 3. The highest BCUT2D eigenvalue weighted by Crippen LogP contribution is 2.12. The van der Waals surface area contributed by atoms with Gasteiger partial charge in [0.25, 0.3) is 0 Å². The van der Waals surface area contributed by atoms with Gasteiger partial charge in [0.2, 0.25) is 0 Å². The van der Waals surface area contributed by atoms with E-state index in [1.807, 2.05) is 20.8 Å². The van der Waals surface area contributed by atoms with E-state index in [4.69, 9.17) is 0 Å². The average Bonchev–Trinajstić information content (AvgIpc) is 2.13. The predicted octanol–water partition coefficient (Wildman–Crippen LogP) is 1.64. The number of halogens is 1. The van der Waals surface area contributed by atoms with E-state index in [9.17, 15) is 9.50 Å². The molecular weight excluding hydrogens is 195 g/mol. The lowest BCUT2D eigenvalue weighted by molar-refractivity contribution is 0.162. The third-order valence-electron chi connectivity index (χ3n) is 1.94. The van der Waals surface area contributed by atoms with Crippen LogP contribution >= 0.6 is 0 Å². The quantitative estimate of drug-likeness (QED) is 0.800. The first-order chi connectivity index (χ1) is 6.88. The Balaban J connectivity index is 2.58. The molecule has 1 aromatic rings. The molecule has 1 heterocycles. The van der Waals surface area contributed by atoms with Gasteiger partial charge in [-0.3, -0.25) is 4.98 Å². The third-order valence-corrected chi connectivity index (χ3v) is 1.94. The van der Waals surface area contributed by atoms with Crippen molar-refractivity contribution in [2.75, 3.05) is 6.54 Å². The molecule has 0 aliphatic heterocycles. The van der Waals surface area contributed by atoms with Crippen molar-refractivity contribution in [3.63, 3.8) is 0 Å². The van der Waals surface area contributed by atoms with Crippen LogP contribution < -0.4 is 5.32 Å². The van der Waals surface area contributed by atoms with Crippen molar-refractivity contribution in [1.82, 2.24) is 10.3 Å². The Bertz CT molecular complexity index is 323. The molecule has 4 heteroatoms. The standard InChI is InChI=1S/C11H17FN2O/c1-11(2,3)14-7-10(15)8-4-9(12)6-13-5-8/h4-6,10,14-15H,7H2,1-3H3/t10-/m0/s1. The van der Waals surface area contributed by atoms with Gasteiger partial charge in [0.1, 0.15) is 5.82 Å². The highest BCUT2D eigenvalue weighted by atomic mass is 19.1. The number of β-amino-alcohol motifs (C(OH)–C–C–N with tert-alkyl or cyclic N) is 1. The third kappa shape index (κ3) is 4.36. The molecule has 1 aromatic heterocycles. The van der Waals surface area contributed by atoms with E-state index >= 15 is 0 Å². The van der Waals surface area contributed by atoms with Gasteiger partial charge in [-0.15, -0.1) is 0 Å². The van der Waals surface area contributed by atoms with Crippen LogP contribution in [0.2, 0.25) is 0 Å². The molecule has 84 valence electrons. The molecule has 0 saturated heterocycles. The zero-order valence-electron chi connectivity index (χ0n) is 9.29. The van der Waals surface area contributed by atoms with E-state index < -0.39 is 11.9 Å². The minimum atomic E-state index is -0.729. The Labute approximate surface area is 89.4 Å². The van der Waals surface area contributed by atoms with Gasteiger partial charge in [0, 0.05) is 23.8 Å². The van der Waals surface area contributed by atoms with Gasteiger partial charge in [-0.2, -0.15) is 0 Å². The first-order valence-electron chi connectivity index (χ1n) is 4.92. The summed E-state index contributed by atoms with van der Waals surface area (Å²) in [7, 11) is 0. The molecular formula is C11H17FN2O. The number of pyridine rings is 1. The first kappa shape index (κ1) is 12.1. The van der Waals surface area contributed by atoms with Crippen molar-refractivity contribution >= 4 is 0 Å². The number of nitrogens with zero attached hydrogens (tertiary/aromatic N) is 1. The van der Waals surface area contributed by atoms with Gasteiger partial charge in [-0.1, -0.05) is 0 Å². The second-order valence-corrected chi connectivity index (χ2v) is 4.58. The van der Waals surface area contributed by atoms with Crippen molar-refractivity contribution < 1.29 is 9.50 Å². The minimum Gasteiger partial charge on any atom is -0.387 e. The topological polar surface area (TPSA) is 45.1 Å². The fourth-order valence-corrected chi connectivity index (χ4v) is 1.13. The van der Waals surface area contributed by atoms with Crippen LogP contribution in [0.3, 0.4) is 0 Å². The SMILES string of the molecule is CC(C)(C)NC[C@H](O)c1cncc(F)c1. The maximum atomic E-state index is 12.8. The highest BCUT2D eigenvalue weighted by molar-refractivity contribution is 5.13. The molecule has 1 rings (SSSR count). The van der Waals surface area contributed by atoms with Crippen LogP contribution in [0, 0.1) is 5.82 Å². The molecule has 0 fully saturated rings. The Morgan fingerprint density at radius 2 is 2.13 bits per heavy atom. The fourth-order valence-electron chi connectivity index (χ4n) is 1.13. The van der Waals surface area contributed by atoms with Crippen LogP contribution in [0.4, 0.5) is 4.39 Å². The summed E-state index contributed by atoms with van der Waals surface area (Å²) in [6, 6.07) is 1.29. The van der Waals surface area contributed by atoms with Crippen molar-refractivity contribution in [1.29, 1.82) is 0 Å². The molecule has 0 amide bonds. The summed E-state index contributed by atoms with van der Waals surface area (Å²) in [6.07, 6.45) is 1.86. The smallest absolute Gasteiger partial charge is 0.141 e. The number of aliphatic hydroxyl groups is 1. The number of aromatic nitrogens is 1. The summed E-state index contributed by atoms with van der Waals surface area (Å²) >= 11 is 0. The molecule has 0 aromatic carbocycles. The Kier molecular flexibility index (Phi) is 3.77. The van der Waals surface area contributed by atoms with Crippen molar-refractivity contribution in [2.24, 2.45) is 0 Å². The monoisotopic (exact) mass is 212 g/mol. The maximum absolute atomic E-state index is 12.8. The lowest BCUT2D eigenvalue weighted by atomic mass is 10.1. The van der Waals surface area contributed by atoms with E-state index in [2.05, 4.69) is 10.3 Å². The summed E-state index contributed by atoms with van der Waals surface area (Å²) < 4.78 is 12.8. The molecule has 15 heavy (non-hydrogen) atoms. The van der Waals surface area contributed by atoms with Crippen LogP contribution in [-0.2, 0) is 0 Å². The van der Waals surface area contributed by atoms with Crippen LogP contribution in [0.15, 0.2) is 18.5 Å². The van der Waals surface area contributed by atoms with Crippen LogP contribution in [0.5, 0.6) is 0 Å². The van der Waals surface area contributed by atoms with E-state index in [-0.39, 0.29) is 5.54 Å². The van der Waals surface area contributed by atoms with Gasteiger partial charge >= 0.3 is 0 Å². The van der Waals surface area contributed by atoms with Crippen molar-refractivity contribution in [2.45, 2.75) is 32.4 Å². The largest absolute Gasteiger partial charge is 0.387 e. The van der Waals surface area contributed by atoms with E-state index in [0.29, 0.717) is 12.1 Å². The normalized spacial score (nSPS) is 13.9. The van der Waals surface area contributed by atoms with Crippen LogP contribution in [0.25, 0.3) is 0 Å². The number of hydrogen-bond acceptors (Lipinski definition) is 3. The lowest BCUT2D eigenvalue weighted by Gasteiger charge is -2.22. The second-order valence-electron chi connectivity index (χ2n) is 4.58. The fraction of sp³-hybridized carbons (Fsp3) is 0.545. The zero-order chi connectivity index (χ0) is 11.5. The van der Waals surface area contributed by atoms with Gasteiger partial charge in [0.15, 0.2) is 0 Å². The van der Waals surface area contributed by atoms with Crippen LogP contribution in [0.1, 0.15) is 32.4 Å². The summed E-state index contributed by atoms with van der Waals surface area (Å²) in [5.74, 6) is -0.428. The Hall–Kier alpha value is -1.00. The van der Waals surface area contributed by atoms with Gasteiger partial charge < -0.3 is 10.4 Å². The predicted molar refractivity (Wildman–Crippen MR) is 56.9 cm³/mol. The summed E-state index contributed by atoms with van der Waals surface area (Å²) in [5, 5.41) is 12.9. The van der Waals surface area contributed by atoms with Crippen LogP contribution in [-0.4, -0.2) is 22.2 Å². The molecule has 0 aliphatic rings. The first-order valence-corrected chi connectivity index (χ1v) is 4.92. The molecule has 0 saturated carbocycles. The van der Waals surface area contributed by atoms with E-state index in [0.717, 1.165) is 6.20 Å². The minimum absolute atomic E-state index is 0.0677. The van der Waals surface area contributed by atoms with Gasteiger partial charge in [-0.25, -0.2) is 4.39 Å². The Morgan fingerprint density at radius 3 is 2.67 bits per heavy atom. The molecule has 0 radical (unpaired) electrons. The van der Waals surface area contributed by atoms with Gasteiger partial charge in [-0.05, 0) is 26.8 Å².